The van der Waals surface area contributed by atoms with Crippen LogP contribution in [0, 0.1) is 0 Å². The first-order valence-electron chi connectivity index (χ1n) is 3.97. The van der Waals surface area contributed by atoms with Crippen molar-refractivity contribution in [2.45, 2.75) is 0 Å². The maximum Gasteiger partial charge on any atom is 0.169 e. The van der Waals surface area contributed by atoms with Crippen molar-refractivity contribution in [1.82, 2.24) is 4.98 Å². The lowest BCUT2D eigenvalue weighted by Gasteiger charge is -1.97. The summed E-state index contributed by atoms with van der Waals surface area (Å²) in [5.74, 6) is 0. The molecule has 2 nitrogen and oxygen atoms in total. The lowest BCUT2D eigenvalue weighted by atomic mass is 10.2. The number of rotatable bonds is 2. The zero-order chi connectivity index (χ0) is 9.97. The molecule has 0 unspecified atom stereocenters. The van der Waals surface area contributed by atoms with Gasteiger partial charge in [-0.15, -0.1) is 11.3 Å². The summed E-state index contributed by atoms with van der Waals surface area (Å²) in [4.78, 5) is 14.6. The number of thiazole rings is 1. The highest BCUT2D eigenvalue weighted by Crippen LogP contribution is 2.29. The molecule has 0 saturated heterocycles. The molecule has 0 aliphatic carbocycles. The van der Waals surface area contributed by atoms with E-state index in [0.29, 0.717) is 5.69 Å². The van der Waals surface area contributed by atoms with E-state index in [0.717, 1.165) is 21.3 Å². The molecule has 0 bridgehead atoms. The quantitative estimate of drug-likeness (QED) is 0.781. The zero-order valence-electron chi connectivity index (χ0n) is 7.11. The van der Waals surface area contributed by atoms with Gasteiger partial charge in [0.2, 0.25) is 0 Å². The monoisotopic (exact) mass is 267 g/mol. The van der Waals surface area contributed by atoms with Crippen LogP contribution in [0.3, 0.4) is 0 Å². The molecular formula is C10H6BrNOS. The minimum absolute atomic E-state index is 0.487. The second-order valence-corrected chi connectivity index (χ2v) is 4.39. The third-order valence-electron chi connectivity index (χ3n) is 1.75. The molecule has 2 rings (SSSR count). The van der Waals surface area contributed by atoms with Crippen LogP contribution in [0.15, 0.2) is 34.1 Å². The fraction of sp³-hybridized carbons (Fsp3) is 0. The summed E-state index contributed by atoms with van der Waals surface area (Å²) in [5.41, 5.74) is 1.51. The van der Waals surface area contributed by atoms with E-state index in [1.54, 1.807) is 5.38 Å². The molecule has 0 aliphatic rings. The Kier molecular flexibility index (Phi) is 2.74. The average molecular weight is 268 g/mol. The van der Waals surface area contributed by atoms with Crippen LogP contribution in [-0.2, 0) is 0 Å². The number of benzene rings is 1. The first-order valence-corrected chi connectivity index (χ1v) is 5.64. The first-order chi connectivity index (χ1) is 6.81. The van der Waals surface area contributed by atoms with Gasteiger partial charge in [0.1, 0.15) is 10.7 Å². The fourth-order valence-electron chi connectivity index (χ4n) is 1.10. The Morgan fingerprint density at radius 3 is 2.79 bits per heavy atom. The molecule has 1 aromatic carbocycles. The molecule has 0 saturated carbocycles. The molecule has 0 spiro atoms. The van der Waals surface area contributed by atoms with Gasteiger partial charge in [0.15, 0.2) is 6.29 Å². The van der Waals surface area contributed by atoms with Crippen LogP contribution in [-0.4, -0.2) is 11.3 Å². The zero-order valence-corrected chi connectivity index (χ0v) is 9.51. The van der Waals surface area contributed by atoms with E-state index in [9.17, 15) is 4.79 Å². The third kappa shape index (κ3) is 1.76. The molecule has 0 amide bonds. The van der Waals surface area contributed by atoms with E-state index in [-0.39, 0.29) is 0 Å². The Balaban J connectivity index is 2.49. The van der Waals surface area contributed by atoms with E-state index >= 15 is 0 Å². The number of hydrogen-bond donors (Lipinski definition) is 0. The minimum Gasteiger partial charge on any atom is -0.296 e. The van der Waals surface area contributed by atoms with Crippen LogP contribution < -0.4 is 0 Å². The van der Waals surface area contributed by atoms with Crippen LogP contribution >= 0.6 is 27.3 Å². The Bertz CT molecular complexity index is 467. The van der Waals surface area contributed by atoms with Gasteiger partial charge in [-0.25, -0.2) is 4.98 Å². The van der Waals surface area contributed by atoms with Crippen LogP contribution in [0.2, 0.25) is 0 Å². The second kappa shape index (κ2) is 4.02. The molecule has 2 aromatic rings. The molecular weight excluding hydrogens is 262 g/mol. The van der Waals surface area contributed by atoms with Crippen LogP contribution in [0.1, 0.15) is 10.5 Å². The Morgan fingerprint density at radius 1 is 1.36 bits per heavy atom. The Labute approximate surface area is 93.7 Å². The normalized spacial score (nSPS) is 10.1. The van der Waals surface area contributed by atoms with Crippen molar-refractivity contribution in [3.63, 3.8) is 0 Å². The van der Waals surface area contributed by atoms with E-state index in [2.05, 4.69) is 20.9 Å². The highest BCUT2D eigenvalue weighted by Gasteiger charge is 2.06. The molecule has 70 valence electrons. The maximum absolute atomic E-state index is 10.5. The minimum atomic E-state index is 0.487. The first kappa shape index (κ1) is 9.55. The van der Waals surface area contributed by atoms with Crippen LogP contribution in [0.5, 0.6) is 0 Å². The number of aldehydes is 1. The predicted molar refractivity (Wildman–Crippen MR) is 60.6 cm³/mol. The van der Waals surface area contributed by atoms with Gasteiger partial charge >= 0.3 is 0 Å². The van der Waals surface area contributed by atoms with E-state index < -0.39 is 0 Å². The van der Waals surface area contributed by atoms with Crippen LogP contribution in [0.25, 0.3) is 10.6 Å². The van der Waals surface area contributed by atoms with E-state index in [4.69, 9.17) is 0 Å². The SMILES string of the molecule is O=Cc1csc(-c2ccccc2Br)n1. The van der Waals surface area contributed by atoms with Gasteiger partial charge < -0.3 is 0 Å². The summed E-state index contributed by atoms with van der Waals surface area (Å²) in [6.07, 6.45) is 0.761. The molecule has 1 heterocycles. The second-order valence-electron chi connectivity index (χ2n) is 2.68. The van der Waals surface area contributed by atoms with Gasteiger partial charge in [0, 0.05) is 15.4 Å². The number of nitrogens with zero attached hydrogens (tertiary/aromatic N) is 1. The van der Waals surface area contributed by atoms with Gasteiger partial charge in [-0.2, -0.15) is 0 Å². The smallest absolute Gasteiger partial charge is 0.169 e. The van der Waals surface area contributed by atoms with E-state index in [1.165, 1.54) is 11.3 Å². The van der Waals surface area contributed by atoms with Crippen molar-refractivity contribution in [3.8, 4) is 10.6 Å². The standard InChI is InChI=1S/C10H6BrNOS/c11-9-4-2-1-3-8(9)10-12-7(5-13)6-14-10/h1-6H. The summed E-state index contributed by atoms with van der Waals surface area (Å²) in [6, 6.07) is 7.82. The molecule has 0 atom stereocenters. The Hall–Kier alpha value is -1.000. The largest absolute Gasteiger partial charge is 0.296 e. The summed E-state index contributed by atoms with van der Waals surface area (Å²) < 4.78 is 0.992. The molecule has 0 N–H and O–H groups in total. The molecule has 0 aliphatic heterocycles. The van der Waals surface area contributed by atoms with Gasteiger partial charge in [-0.05, 0) is 6.07 Å². The predicted octanol–water partition coefficient (Wildman–Crippen LogP) is 3.39. The summed E-state index contributed by atoms with van der Waals surface area (Å²) in [7, 11) is 0. The van der Waals surface area contributed by atoms with Gasteiger partial charge in [-0.1, -0.05) is 34.1 Å². The van der Waals surface area contributed by atoms with Gasteiger partial charge in [0.05, 0.1) is 0 Å². The van der Waals surface area contributed by atoms with E-state index in [1.807, 2.05) is 24.3 Å². The number of aromatic nitrogens is 1. The molecule has 14 heavy (non-hydrogen) atoms. The number of carbonyl (C=O) groups excluding carboxylic acids is 1. The summed E-state index contributed by atoms with van der Waals surface area (Å²) in [6.45, 7) is 0. The highest BCUT2D eigenvalue weighted by molar-refractivity contribution is 9.10. The topological polar surface area (TPSA) is 30.0 Å². The number of carbonyl (C=O) groups is 1. The third-order valence-corrected chi connectivity index (χ3v) is 3.33. The van der Waals surface area contributed by atoms with Crippen molar-refractivity contribution in [2.24, 2.45) is 0 Å². The maximum atomic E-state index is 10.5. The molecule has 0 radical (unpaired) electrons. The van der Waals surface area contributed by atoms with Crippen molar-refractivity contribution < 1.29 is 4.79 Å². The summed E-state index contributed by atoms with van der Waals surface area (Å²) in [5, 5.41) is 2.61. The Morgan fingerprint density at radius 2 is 2.14 bits per heavy atom. The number of hydrogen-bond acceptors (Lipinski definition) is 3. The average Bonchev–Trinajstić information content (AvgIpc) is 2.67. The summed E-state index contributed by atoms with van der Waals surface area (Å²) >= 11 is 4.91. The van der Waals surface area contributed by atoms with Crippen molar-refractivity contribution in [1.29, 1.82) is 0 Å². The lowest BCUT2D eigenvalue weighted by molar-refractivity contribution is 0.111. The molecule has 0 fully saturated rings. The van der Waals surface area contributed by atoms with Crippen LogP contribution in [0.4, 0.5) is 0 Å². The van der Waals surface area contributed by atoms with Crippen molar-refractivity contribution in [3.05, 3.63) is 39.8 Å². The van der Waals surface area contributed by atoms with Crippen molar-refractivity contribution in [2.75, 3.05) is 0 Å². The highest BCUT2D eigenvalue weighted by atomic mass is 79.9. The van der Waals surface area contributed by atoms with Gasteiger partial charge in [-0.3, -0.25) is 4.79 Å². The fourth-order valence-corrected chi connectivity index (χ4v) is 2.51. The van der Waals surface area contributed by atoms with Gasteiger partial charge in [0.25, 0.3) is 0 Å². The molecule has 4 heteroatoms. The lowest BCUT2D eigenvalue weighted by Crippen LogP contribution is -1.80. The van der Waals surface area contributed by atoms with Crippen molar-refractivity contribution >= 4 is 33.6 Å². The molecule has 1 aromatic heterocycles. The number of halogens is 1.